The minimum absolute atomic E-state index is 0.0298. The molecule has 0 spiro atoms. The van der Waals surface area contributed by atoms with E-state index in [0.717, 1.165) is 70.6 Å². The predicted octanol–water partition coefficient (Wildman–Crippen LogP) is 21.2. The van der Waals surface area contributed by atoms with Gasteiger partial charge >= 0.3 is 11.9 Å². The van der Waals surface area contributed by atoms with E-state index < -0.39 is 26.5 Å². The lowest BCUT2D eigenvalue weighted by atomic mass is 10.0. The zero-order valence-corrected chi connectivity index (χ0v) is 54.2. The maximum atomic E-state index is 12.9. The van der Waals surface area contributed by atoms with E-state index in [1.807, 2.05) is 21.1 Å². The van der Waals surface area contributed by atoms with Gasteiger partial charge in [0.2, 0.25) is 0 Å². The van der Waals surface area contributed by atoms with Crippen LogP contribution in [0.1, 0.15) is 322 Å². The van der Waals surface area contributed by atoms with Crippen molar-refractivity contribution in [2.24, 2.45) is 0 Å². The molecule has 0 N–H and O–H groups in total. The summed E-state index contributed by atoms with van der Waals surface area (Å²) >= 11 is 0. The van der Waals surface area contributed by atoms with E-state index in [9.17, 15) is 19.0 Å². The number of carbonyl (C=O) groups is 2. The Kier molecular flexibility index (Phi) is 59.5. The van der Waals surface area contributed by atoms with Crippen molar-refractivity contribution < 1.29 is 42.1 Å². The number of allylic oxidation sites excluding steroid dienone is 10. The van der Waals surface area contributed by atoms with Gasteiger partial charge in [-0.1, -0.05) is 312 Å². The highest BCUT2D eigenvalue weighted by Gasteiger charge is 2.22. The number of phosphoric acid groups is 1. The van der Waals surface area contributed by atoms with Gasteiger partial charge in [0.15, 0.2) is 6.10 Å². The molecule has 0 aromatic carbocycles. The highest BCUT2D eigenvalue weighted by Crippen LogP contribution is 2.38. The molecule has 10 heteroatoms. The normalized spacial score (nSPS) is 13.5. The number of hydrogen-bond donors (Lipinski definition) is 0. The molecule has 468 valence electrons. The molecule has 2 unspecified atom stereocenters. The monoisotopic (exact) mass is 1140 g/mol. The van der Waals surface area contributed by atoms with Crippen LogP contribution < -0.4 is 4.89 Å². The molecule has 0 heterocycles. The summed E-state index contributed by atoms with van der Waals surface area (Å²) < 4.78 is 34.3. The van der Waals surface area contributed by atoms with E-state index in [1.165, 1.54) is 218 Å². The van der Waals surface area contributed by atoms with Crippen LogP contribution in [-0.2, 0) is 32.7 Å². The SMILES string of the molecule is CC/C=C\C/C=C\C/C=C\C/C=C\C/C=C\CCCCCCCCCCCCCCCCCC(=O)OC(COC(=O)CCCCCCCCCCCCCCCCCCCCCCCCCCC)COP(=O)([O-])OCC[N+](C)(C)C. The number of carbonyl (C=O) groups excluding carboxylic acids is 2. The first-order valence-electron chi connectivity index (χ1n) is 34.0. The Morgan fingerprint density at radius 2 is 0.713 bits per heavy atom. The molecule has 0 rings (SSSR count). The molecule has 0 amide bonds. The topological polar surface area (TPSA) is 111 Å². The quantitative estimate of drug-likeness (QED) is 0.0195. The number of esters is 2. The van der Waals surface area contributed by atoms with Gasteiger partial charge in [-0.15, -0.1) is 0 Å². The van der Waals surface area contributed by atoms with Gasteiger partial charge in [-0.2, -0.15) is 0 Å². The minimum Gasteiger partial charge on any atom is -0.756 e. The van der Waals surface area contributed by atoms with Crippen molar-refractivity contribution >= 4 is 19.8 Å². The van der Waals surface area contributed by atoms with Gasteiger partial charge in [-0.3, -0.25) is 14.2 Å². The van der Waals surface area contributed by atoms with Gasteiger partial charge in [-0.25, -0.2) is 0 Å². The van der Waals surface area contributed by atoms with Crippen molar-refractivity contribution in [3.05, 3.63) is 60.8 Å². The van der Waals surface area contributed by atoms with Gasteiger partial charge in [0, 0.05) is 12.8 Å². The Morgan fingerprint density at radius 3 is 1.06 bits per heavy atom. The first-order chi connectivity index (χ1) is 39.0. The van der Waals surface area contributed by atoms with Crippen LogP contribution in [0, 0.1) is 0 Å². The van der Waals surface area contributed by atoms with Crippen molar-refractivity contribution in [3.8, 4) is 0 Å². The van der Waals surface area contributed by atoms with Crippen molar-refractivity contribution in [1.82, 2.24) is 0 Å². The second-order valence-electron chi connectivity index (χ2n) is 24.2. The first kappa shape index (κ1) is 77.7. The Morgan fingerprint density at radius 1 is 0.400 bits per heavy atom. The van der Waals surface area contributed by atoms with E-state index in [0.29, 0.717) is 17.4 Å². The summed E-state index contributed by atoms with van der Waals surface area (Å²) in [5.41, 5.74) is 0. The molecule has 0 bridgehead atoms. The van der Waals surface area contributed by atoms with Gasteiger partial charge in [0.25, 0.3) is 7.82 Å². The third-order valence-corrected chi connectivity index (χ3v) is 16.0. The maximum Gasteiger partial charge on any atom is 0.306 e. The molecular weight excluding hydrogens is 1010 g/mol. The van der Waals surface area contributed by atoms with Crippen LogP contribution >= 0.6 is 7.82 Å². The Labute approximate surface area is 496 Å². The average molecular weight is 1140 g/mol. The molecule has 0 saturated carbocycles. The molecule has 0 aromatic rings. The van der Waals surface area contributed by atoms with E-state index in [4.69, 9.17) is 18.5 Å². The zero-order valence-electron chi connectivity index (χ0n) is 53.3. The molecule has 9 nitrogen and oxygen atoms in total. The highest BCUT2D eigenvalue weighted by molar-refractivity contribution is 7.45. The number of nitrogens with zero attached hydrogens (tertiary/aromatic N) is 1. The van der Waals surface area contributed by atoms with Crippen molar-refractivity contribution in [2.45, 2.75) is 328 Å². The fraction of sp³-hybridized carbons (Fsp3) is 0.829. The summed E-state index contributed by atoms with van der Waals surface area (Å²) in [6.07, 6.45) is 80.1. The van der Waals surface area contributed by atoms with Crippen LogP contribution in [0.5, 0.6) is 0 Å². The fourth-order valence-electron chi connectivity index (χ4n) is 9.86. The van der Waals surface area contributed by atoms with Crippen LogP contribution in [0.4, 0.5) is 0 Å². The molecular formula is C70H130NO8P. The summed E-state index contributed by atoms with van der Waals surface area (Å²) in [6.45, 7) is 4.18. The Hall–Kier alpha value is -2.29. The minimum atomic E-state index is -4.64. The number of quaternary nitrogens is 1. The van der Waals surface area contributed by atoms with Crippen molar-refractivity contribution in [2.75, 3.05) is 47.5 Å². The predicted molar refractivity (Wildman–Crippen MR) is 342 cm³/mol. The Bertz CT molecular complexity index is 1530. The smallest absolute Gasteiger partial charge is 0.306 e. The van der Waals surface area contributed by atoms with Gasteiger partial charge in [-0.05, 0) is 57.8 Å². The molecule has 0 aliphatic carbocycles. The number of phosphoric ester groups is 1. The summed E-state index contributed by atoms with van der Waals surface area (Å²) in [5, 5.41) is 0. The van der Waals surface area contributed by atoms with E-state index in [2.05, 4.69) is 74.6 Å². The van der Waals surface area contributed by atoms with Crippen LogP contribution in [0.2, 0.25) is 0 Å². The second-order valence-corrected chi connectivity index (χ2v) is 25.6. The number of likely N-dealkylation sites (N-methyl/N-ethyl adjacent to an activating group) is 1. The van der Waals surface area contributed by atoms with E-state index in [-0.39, 0.29) is 32.0 Å². The van der Waals surface area contributed by atoms with Crippen molar-refractivity contribution in [3.63, 3.8) is 0 Å². The summed E-state index contributed by atoms with van der Waals surface area (Å²) in [7, 11) is 1.18. The third kappa shape index (κ3) is 64.9. The summed E-state index contributed by atoms with van der Waals surface area (Å²) in [6, 6.07) is 0. The van der Waals surface area contributed by atoms with Crippen molar-refractivity contribution in [1.29, 1.82) is 0 Å². The molecule has 0 saturated heterocycles. The lowest BCUT2D eigenvalue weighted by Crippen LogP contribution is -2.37. The summed E-state index contributed by atoms with van der Waals surface area (Å²) in [5.74, 6) is -0.817. The standard InChI is InChI=1S/C70H130NO8P/c1-6-8-10-12-14-16-18-20-22-24-26-28-30-32-33-34-35-36-37-39-41-43-45-47-49-51-53-55-57-59-61-63-70(73)79-68(67-78-80(74,75)77-65-64-71(3,4)5)66-76-69(72)62-60-58-56-54-52-50-48-46-44-42-40-38-31-29-27-25-23-21-19-17-15-13-11-9-7-2/h8,10,14,16,20,22,26,28,32-33,68H,6-7,9,11-13,15,17-19,21,23-25,27,29-31,34-67H2,1-5H3/b10-8-,16-14-,22-20-,28-26-,33-32-. The second kappa shape index (κ2) is 61.3. The van der Waals surface area contributed by atoms with E-state index >= 15 is 0 Å². The molecule has 0 aliphatic heterocycles. The number of hydrogen-bond acceptors (Lipinski definition) is 8. The Balaban J connectivity index is 4.03. The number of unbranched alkanes of at least 4 members (excludes halogenated alkanes) is 39. The maximum absolute atomic E-state index is 12.9. The lowest BCUT2D eigenvalue weighted by Gasteiger charge is -2.28. The molecule has 0 fully saturated rings. The third-order valence-electron chi connectivity index (χ3n) is 15.1. The molecule has 0 aliphatic rings. The van der Waals surface area contributed by atoms with Crippen LogP contribution in [0.3, 0.4) is 0 Å². The first-order valence-corrected chi connectivity index (χ1v) is 35.5. The fourth-order valence-corrected chi connectivity index (χ4v) is 10.6. The van der Waals surface area contributed by atoms with E-state index in [1.54, 1.807) is 0 Å². The number of ether oxygens (including phenoxy) is 2. The molecule has 80 heavy (non-hydrogen) atoms. The molecule has 0 aromatic heterocycles. The largest absolute Gasteiger partial charge is 0.756 e. The number of rotatable bonds is 63. The lowest BCUT2D eigenvalue weighted by molar-refractivity contribution is -0.870. The van der Waals surface area contributed by atoms with Crippen LogP contribution in [0.15, 0.2) is 60.8 Å². The van der Waals surface area contributed by atoms with Gasteiger partial charge in [0.1, 0.15) is 19.8 Å². The van der Waals surface area contributed by atoms with Gasteiger partial charge < -0.3 is 27.9 Å². The van der Waals surface area contributed by atoms with Crippen LogP contribution in [0.25, 0.3) is 0 Å². The van der Waals surface area contributed by atoms with Crippen LogP contribution in [-0.4, -0.2) is 70.0 Å². The molecule has 2 atom stereocenters. The zero-order chi connectivity index (χ0) is 58.4. The summed E-state index contributed by atoms with van der Waals surface area (Å²) in [4.78, 5) is 38.0. The molecule has 0 radical (unpaired) electrons. The average Bonchev–Trinajstić information content (AvgIpc) is 3.42. The van der Waals surface area contributed by atoms with Gasteiger partial charge in [0.05, 0.1) is 27.7 Å². The highest BCUT2D eigenvalue weighted by atomic mass is 31.2.